The van der Waals surface area contributed by atoms with Crippen LogP contribution in [0.4, 0.5) is 4.39 Å². The Morgan fingerprint density at radius 2 is 1.68 bits per heavy atom. The molecule has 0 atom stereocenters. The predicted molar refractivity (Wildman–Crippen MR) is 92.4 cm³/mol. The lowest BCUT2D eigenvalue weighted by atomic mass is 10.3. The van der Waals surface area contributed by atoms with Crippen LogP contribution >= 0.6 is 15.9 Å². The first-order chi connectivity index (χ1) is 12.0. The molecule has 2 rings (SSSR count). The third-order valence-electron chi connectivity index (χ3n) is 2.92. The zero-order chi connectivity index (χ0) is 18.1. The standard InChI is InChI=1S/C17H16BrFN2O4/c18-12-2-1-3-15(10-12)24-9-8-16(22)20-21-17(23)11-25-14-6-4-13(19)5-7-14/h1-7,10H,8-9,11H2,(H,20,22)(H,21,23). The summed E-state index contributed by atoms with van der Waals surface area (Å²) in [4.78, 5) is 23.2. The lowest BCUT2D eigenvalue weighted by Gasteiger charge is -2.09. The molecule has 6 nitrogen and oxygen atoms in total. The highest BCUT2D eigenvalue weighted by atomic mass is 79.9. The van der Waals surface area contributed by atoms with Crippen LogP contribution in [-0.4, -0.2) is 25.0 Å². The smallest absolute Gasteiger partial charge is 0.276 e. The van der Waals surface area contributed by atoms with Gasteiger partial charge in [0.15, 0.2) is 6.61 Å². The Kier molecular flexibility index (Phi) is 7.21. The summed E-state index contributed by atoms with van der Waals surface area (Å²) in [6, 6.07) is 12.5. The molecule has 2 amide bonds. The molecule has 0 aliphatic rings. The Morgan fingerprint density at radius 3 is 2.40 bits per heavy atom. The van der Waals surface area contributed by atoms with Crippen molar-refractivity contribution in [3.8, 4) is 11.5 Å². The molecule has 0 bridgehead atoms. The molecular formula is C17H16BrFN2O4. The van der Waals surface area contributed by atoms with Crippen LogP contribution < -0.4 is 20.3 Å². The third kappa shape index (κ3) is 7.21. The highest BCUT2D eigenvalue weighted by Gasteiger charge is 2.06. The van der Waals surface area contributed by atoms with Crippen molar-refractivity contribution in [3.05, 3.63) is 58.8 Å². The Hall–Kier alpha value is -2.61. The molecule has 8 heteroatoms. The van der Waals surface area contributed by atoms with Gasteiger partial charge in [-0.2, -0.15) is 0 Å². The molecule has 0 fully saturated rings. The van der Waals surface area contributed by atoms with Gasteiger partial charge in [-0.25, -0.2) is 4.39 Å². The first-order valence-electron chi connectivity index (χ1n) is 7.37. The number of carbonyl (C=O) groups is 2. The topological polar surface area (TPSA) is 76.7 Å². The minimum absolute atomic E-state index is 0.0750. The first-order valence-corrected chi connectivity index (χ1v) is 8.16. The molecule has 0 unspecified atom stereocenters. The van der Waals surface area contributed by atoms with E-state index in [1.54, 1.807) is 12.1 Å². The van der Waals surface area contributed by atoms with E-state index in [-0.39, 0.29) is 19.6 Å². The molecule has 0 saturated carbocycles. The maximum Gasteiger partial charge on any atom is 0.276 e. The maximum absolute atomic E-state index is 12.7. The summed E-state index contributed by atoms with van der Waals surface area (Å²) < 4.78 is 24.2. The van der Waals surface area contributed by atoms with Gasteiger partial charge in [-0.05, 0) is 42.5 Å². The zero-order valence-corrected chi connectivity index (χ0v) is 14.7. The van der Waals surface area contributed by atoms with Crippen LogP contribution in [0.2, 0.25) is 0 Å². The highest BCUT2D eigenvalue weighted by molar-refractivity contribution is 9.10. The maximum atomic E-state index is 12.7. The number of amides is 2. The number of nitrogens with one attached hydrogen (secondary N) is 2. The number of benzene rings is 2. The second-order valence-corrected chi connectivity index (χ2v) is 5.81. The SMILES string of the molecule is O=C(CCOc1cccc(Br)c1)NNC(=O)COc1ccc(F)cc1. The fourth-order valence-corrected chi connectivity index (χ4v) is 2.11. The molecule has 0 spiro atoms. The monoisotopic (exact) mass is 410 g/mol. The summed E-state index contributed by atoms with van der Waals surface area (Å²) in [5.74, 6) is -0.339. The molecule has 0 heterocycles. The van der Waals surface area contributed by atoms with Crippen molar-refractivity contribution in [2.45, 2.75) is 6.42 Å². The number of hydrogen-bond acceptors (Lipinski definition) is 4. The average Bonchev–Trinajstić information content (AvgIpc) is 2.59. The molecule has 0 aliphatic heterocycles. The third-order valence-corrected chi connectivity index (χ3v) is 3.41. The Balaban J connectivity index is 1.60. The molecule has 0 aliphatic carbocycles. The summed E-state index contributed by atoms with van der Waals surface area (Å²) >= 11 is 3.32. The van der Waals surface area contributed by atoms with E-state index in [9.17, 15) is 14.0 Å². The molecule has 25 heavy (non-hydrogen) atoms. The van der Waals surface area contributed by atoms with Gasteiger partial charge in [0.25, 0.3) is 5.91 Å². The van der Waals surface area contributed by atoms with E-state index in [0.717, 1.165) is 4.47 Å². The molecule has 132 valence electrons. The molecule has 2 N–H and O–H groups in total. The summed E-state index contributed by atoms with van der Waals surface area (Å²) in [5, 5.41) is 0. The normalized spacial score (nSPS) is 10.0. The van der Waals surface area contributed by atoms with Crippen molar-refractivity contribution in [1.82, 2.24) is 10.9 Å². The van der Waals surface area contributed by atoms with Gasteiger partial charge in [0.05, 0.1) is 13.0 Å². The van der Waals surface area contributed by atoms with Gasteiger partial charge in [0, 0.05) is 4.47 Å². The van der Waals surface area contributed by atoms with E-state index >= 15 is 0 Å². The van der Waals surface area contributed by atoms with Crippen LogP contribution in [0.5, 0.6) is 11.5 Å². The second-order valence-electron chi connectivity index (χ2n) is 4.89. The van der Waals surface area contributed by atoms with Gasteiger partial charge in [0.1, 0.15) is 17.3 Å². The molecule has 0 saturated heterocycles. The number of hydrazine groups is 1. The number of carbonyl (C=O) groups excluding carboxylic acids is 2. The van der Waals surface area contributed by atoms with Gasteiger partial charge >= 0.3 is 0 Å². The largest absolute Gasteiger partial charge is 0.493 e. The van der Waals surface area contributed by atoms with E-state index in [0.29, 0.717) is 11.5 Å². The van der Waals surface area contributed by atoms with Crippen LogP contribution in [0.25, 0.3) is 0 Å². The Morgan fingerprint density at radius 1 is 0.960 bits per heavy atom. The summed E-state index contributed by atoms with van der Waals surface area (Å²) in [5.41, 5.74) is 4.48. The minimum Gasteiger partial charge on any atom is -0.493 e. The molecule has 2 aromatic carbocycles. The molecule has 2 aromatic rings. The van der Waals surface area contributed by atoms with Gasteiger partial charge in [-0.15, -0.1) is 0 Å². The fraction of sp³-hybridized carbons (Fsp3) is 0.176. The summed E-state index contributed by atoms with van der Waals surface area (Å²) in [6.45, 7) is -0.134. The van der Waals surface area contributed by atoms with E-state index in [1.165, 1.54) is 24.3 Å². The summed E-state index contributed by atoms with van der Waals surface area (Å²) in [7, 11) is 0. The quantitative estimate of drug-likeness (QED) is 0.687. The highest BCUT2D eigenvalue weighted by Crippen LogP contribution is 2.17. The van der Waals surface area contributed by atoms with Crippen molar-refractivity contribution in [3.63, 3.8) is 0 Å². The van der Waals surface area contributed by atoms with Crippen molar-refractivity contribution in [2.24, 2.45) is 0 Å². The number of ether oxygens (including phenoxy) is 2. The van der Waals surface area contributed by atoms with Crippen LogP contribution in [0.15, 0.2) is 53.0 Å². The lowest BCUT2D eigenvalue weighted by Crippen LogP contribution is -2.44. The van der Waals surface area contributed by atoms with Crippen molar-refractivity contribution in [1.29, 1.82) is 0 Å². The predicted octanol–water partition coefficient (Wildman–Crippen LogP) is 2.58. The minimum atomic E-state index is -0.536. The molecule has 0 radical (unpaired) electrons. The van der Waals surface area contributed by atoms with Gasteiger partial charge < -0.3 is 9.47 Å². The van der Waals surface area contributed by atoms with Gasteiger partial charge in [0.2, 0.25) is 5.91 Å². The van der Waals surface area contributed by atoms with E-state index < -0.39 is 17.6 Å². The fourth-order valence-electron chi connectivity index (χ4n) is 1.74. The van der Waals surface area contributed by atoms with E-state index in [4.69, 9.17) is 9.47 Å². The van der Waals surface area contributed by atoms with Crippen molar-refractivity contribution < 1.29 is 23.5 Å². The number of hydrogen-bond donors (Lipinski definition) is 2. The van der Waals surface area contributed by atoms with Gasteiger partial charge in [-0.3, -0.25) is 20.4 Å². The Bertz CT molecular complexity index is 725. The Labute approximate surface area is 152 Å². The van der Waals surface area contributed by atoms with Crippen LogP contribution in [0.1, 0.15) is 6.42 Å². The van der Waals surface area contributed by atoms with Crippen molar-refractivity contribution in [2.75, 3.05) is 13.2 Å². The molecular weight excluding hydrogens is 395 g/mol. The number of halogens is 2. The number of rotatable bonds is 7. The second kappa shape index (κ2) is 9.63. The van der Waals surface area contributed by atoms with Gasteiger partial charge in [-0.1, -0.05) is 22.0 Å². The summed E-state index contributed by atoms with van der Waals surface area (Å²) in [6.07, 6.45) is 0.0750. The lowest BCUT2D eigenvalue weighted by molar-refractivity contribution is -0.130. The van der Waals surface area contributed by atoms with E-state index in [1.807, 2.05) is 12.1 Å². The van der Waals surface area contributed by atoms with E-state index in [2.05, 4.69) is 26.8 Å². The average molecular weight is 411 g/mol. The molecule has 0 aromatic heterocycles. The van der Waals surface area contributed by atoms with Crippen LogP contribution in [-0.2, 0) is 9.59 Å². The first kappa shape index (κ1) is 18.7. The van der Waals surface area contributed by atoms with Crippen molar-refractivity contribution >= 4 is 27.7 Å². The van der Waals surface area contributed by atoms with Crippen LogP contribution in [0, 0.1) is 5.82 Å². The zero-order valence-electron chi connectivity index (χ0n) is 13.1. The van der Waals surface area contributed by atoms with Crippen LogP contribution in [0.3, 0.4) is 0 Å².